The molecule has 1 aliphatic rings. The molecule has 1 fully saturated rings. The Labute approximate surface area is 116 Å². The van der Waals surface area contributed by atoms with Gasteiger partial charge < -0.3 is 9.32 Å². The van der Waals surface area contributed by atoms with Crippen LogP contribution in [0.15, 0.2) is 28.2 Å². The lowest BCUT2D eigenvalue weighted by Gasteiger charge is -2.32. The highest BCUT2D eigenvalue weighted by atomic mass is 32.1. The summed E-state index contributed by atoms with van der Waals surface area (Å²) in [6.45, 7) is 2.95. The maximum atomic E-state index is 12.4. The van der Waals surface area contributed by atoms with Crippen LogP contribution in [-0.4, -0.2) is 28.4 Å². The van der Waals surface area contributed by atoms with Gasteiger partial charge in [0.05, 0.1) is 6.26 Å². The average molecular weight is 276 g/mol. The van der Waals surface area contributed by atoms with E-state index in [1.54, 1.807) is 6.26 Å². The number of carbonyl (C=O) groups is 1. The predicted molar refractivity (Wildman–Crippen MR) is 74.2 cm³/mol. The van der Waals surface area contributed by atoms with Crippen molar-refractivity contribution in [3.8, 4) is 10.8 Å². The molecule has 0 N–H and O–H groups in total. The second-order valence-corrected chi connectivity index (χ2v) is 5.72. The van der Waals surface area contributed by atoms with Gasteiger partial charge in [-0.2, -0.15) is 0 Å². The summed E-state index contributed by atoms with van der Waals surface area (Å²) in [7, 11) is 0. The van der Waals surface area contributed by atoms with E-state index in [2.05, 4.69) is 11.9 Å². The van der Waals surface area contributed by atoms with Gasteiger partial charge in [-0.05, 0) is 38.3 Å². The number of thiazole rings is 1. The van der Waals surface area contributed by atoms with Gasteiger partial charge in [0.2, 0.25) is 0 Å². The van der Waals surface area contributed by atoms with Crippen molar-refractivity contribution in [1.29, 1.82) is 0 Å². The fourth-order valence-corrected chi connectivity index (χ4v) is 3.19. The van der Waals surface area contributed by atoms with Crippen LogP contribution in [0.3, 0.4) is 0 Å². The predicted octanol–water partition coefficient (Wildman–Crippen LogP) is 3.42. The van der Waals surface area contributed by atoms with E-state index in [0.29, 0.717) is 11.7 Å². The number of likely N-dealkylation sites (tertiary alicyclic amines) is 1. The molecule has 3 rings (SSSR count). The van der Waals surface area contributed by atoms with Crippen LogP contribution in [0.25, 0.3) is 10.8 Å². The first kappa shape index (κ1) is 12.4. The Bertz CT molecular complexity index is 562. The summed E-state index contributed by atoms with van der Waals surface area (Å²) in [4.78, 5) is 18.8. The summed E-state index contributed by atoms with van der Waals surface area (Å²) in [5.41, 5.74) is 0.533. The van der Waals surface area contributed by atoms with Crippen molar-refractivity contribution >= 4 is 17.2 Å². The number of rotatable bonds is 2. The first-order valence-corrected chi connectivity index (χ1v) is 7.44. The van der Waals surface area contributed by atoms with Gasteiger partial charge in [-0.1, -0.05) is 0 Å². The van der Waals surface area contributed by atoms with E-state index in [1.165, 1.54) is 17.8 Å². The highest BCUT2D eigenvalue weighted by molar-refractivity contribution is 7.13. The maximum absolute atomic E-state index is 12.4. The fraction of sp³-hybridized carbons (Fsp3) is 0.429. The number of aromatic nitrogens is 1. The van der Waals surface area contributed by atoms with Gasteiger partial charge in [0.15, 0.2) is 10.8 Å². The number of piperidine rings is 1. The van der Waals surface area contributed by atoms with E-state index >= 15 is 0 Å². The molecule has 2 aromatic rings. The summed E-state index contributed by atoms with van der Waals surface area (Å²) in [5, 5.41) is 2.58. The molecule has 0 radical (unpaired) electrons. The standard InChI is InChI=1S/C14H16N2O2S/c1-10-5-2-3-7-16(10)14(17)11-9-19-13(15-11)12-6-4-8-18-12/h4,6,8-10H,2-3,5,7H2,1H3/t10-/m1/s1. The SMILES string of the molecule is C[C@@H]1CCCCN1C(=O)c1csc(-c2ccco2)n1. The molecule has 0 aromatic carbocycles. The first-order chi connectivity index (χ1) is 9.25. The lowest BCUT2D eigenvalue weighted by molar-refractivity contribution is 0.0630. The first-order valence-electron chi connectivity index (χ1n) is 6.56. The van der Waals surface area contributed by atoms with E-state index in [0.717, 1.165) is 30.2 Å². The Hall–Kier alpha value is -1.62. The monoisotopic (exact) mass is 276 g/mol. The number of amides is 1. The zero-order valence-electron chi connectivity index (χ0n) is 10.8. The Balaban J connectivity index is 1.80. The quantitative estimate of drug-likeness (QED) is 0.844. The molecule has 0 spiro atoms. The third kappa shape index (κ3) is 2.42. The smallest absolute Gasteiger partial charge is 0.273 e. The lowest BCUT2D eigenvalue weighted by atomic mass is 10.0. The minimum Gasteiger partial charge on any atom is -0.462 e. The van der Waals surface area contributed by atoms with Crippen LogP contribution in [0.1, 0.15) is 36.7 Å². The Morgan fingerprint density at radius 1 is 1.53 bits per heavy atom. The second kappa shape index (κ2) is 5.17. The summed E-state index contributed by atoms with van der Waals surface area (Å²) in [6, 6.07) is 4.00. The van der Waals surface area contributed by atoms with Crippen LogP contribution in [0.5, 0.6) is 0 Å². The highest BCUT2D eigenvalue weighted by Gasteiger charge is 2.26. The minimum absolute atomic E-state index is 0.0428. The molecule has 1 saturated heterocycles. The Morgan fingerprint density at radius 2 is 2.42 bits per heavy atom. The maximum Gasteiger partial charge on any atom is 0.273 e. The average Bonchev–Trinajstić information content (AvgIpc) is 3.09. The molecule has 5 heteroatoms. The minimum atomic E-state index is 0.0428. The number of furan rings is 1. The summed E-state index contributed by atoms with van der Waals surface area (Å²) >= 11 is 1.45. The van der Waals surface area contributed by atoms with Gasteiger partial charge in [0.25, 0.3) is 5.91 Å². The van der Waals surface area contributed by atoms with Crippen LogP contribution in [0.2, 0.25) is 0 Å². The molecule has 0 bridgehead atoms. The summed E-state index contributed by atoms with van der Waals surface area (Å²) in [6.07, 6.45) is 5.00. The molecular formula is C14H16N2O2S. The van der Waals surface area contributed by atoms with Gasteiger partial charge in [0, 0.05) is 18.0 Å². The Morgan fingerprint density at radius 3 is 3.16 bits per heavy atom. The van der Waals surface area contributed by atoms with Gasteiger partial charge in [0.1, 0.15) is 5.69 Å². The van der Waals surface area contributed by atoms with Crippen molar-refractivity contribution in [2.45, 2.75) is 32.2 Å². The Kier molecular flexibility index (Phi) is 3.38. The molecule has 1 amide bonds. The van der Waals surface area contributed by atoms with E-state index in [9.17, 15) is 4.79 Å². The molecule has 1 aliphatic heterocycles. The van der Waals surface area contributed by atoms with Gasteiger partial charge in [-0.15, -0.1) is 11.3 Å². The van der Waals surface area contributed by atoms with Crippen molar-refractivity contribution in [1.82, 2.24) is 9.88 Å². The molecule has 0 aliphatic carbocycles. The fourth-order valence-electron chi connectivity index (χ4n) is 2.43. The van der Waals surface area contributed by atoms with E-state index in [1.807, 2.05) is 22.4 Å². The highest BCUT2D eigenvalue weighted by Crippen LogP contribution is 2.26. The normalized spacial score (nSPS) is 19.6. The lowest BCUT2D eigenvalue weighted by Crippen LogP contribution is -2.42. The zero-order valence-corrected chi connectivity index (χ0v) is 11.7. The van der Waals surface area contributed by atoms with Crippen LogP contribution in [0.4, 0.5) is 0 Å². The van der Waals surface area contributed by atoms with Crippen LogP contribution >= 0.6 is 11.3 Å². The molecular weight excluding hydrogens is 260 g/mol. The van der Waals surface area contributed by atoms with E-state index < -0.39 is 0 Å². The molecule has 3 heterocycles. The van der Waals surface area contributed by atoms with Crippen molar-refractivity contribution < 1.29 is 9.21 Å². The van der Waals surface area contributed by atoms with Crippen LogP contribution < -0.4 is 0 Å². The number of nitrogens with zero attached hydrogens (tertiary/aromatic N) is 2. The van der Waals surface area contributed by atoms with Crippen molar-refractivity contribution in [2.75, 3.05) is 6.54 Å². The van der Waals surface area contributed by atoms with Crippen molar-refractivity contribution in [3.63, 3.8) is 0 Å². The topological polar surface area (TPSA) is 46.3 Å². The van der Waals surface area contributed by atoms with Crippen molar-refractivity contribution in [2.24, 2.45) is 0 Å². The van der Waals surface area contributed by atoms with Gasteiger partial charge >= 0.3 is 0 Å². The molecule has 2 aromatic heterocycles. The van der Waals surface area contributed by atoms with E-state index in [-0.39, 0.29) is 5.91 Å². The third-order valence-electron chi connectivity index (χ3n) is 3.52. The summed E-state index contributed by atoms with van der Waals surface area (Å²) in [5.74, 6) is 0.761. The molecule has 1 atom stereocenters. The van der Waals surface area contributed by atoms with Crippen LogP contribution in [0, 0.1) is 0 Å². The largest absolute Gasteiger partial charge is 0.462 e. The molecule has 0 unspecified atom stereocenters. The van der Waals surface area contributed by atoms with Gasteiger partial charge in [-0.25, -0.2) is 4.98 Å². The number of carbonyl (C=O) groups excluding carboxylic acids is 1. The van der Waals surface area contributed by atoms with E-state index in [4.69, 9.17) is 4.42 Å². The number of hydrogen-bond acceptors (Lipinski definition) is 4. The van der Waals surface area contributed by atoms with Crippen molar-refractivity contribution in [3.05, 3.63) is 29.5 Å². The summed E-state index contributed by atoms with van der Waals surface area (Å²) < 4.78 is 5.30. The second-order valence-electron chi connectivity index (χ2n) is 4.86. The molecule has 4 nitrogen and oxygen atoms in total. The molecule has 19 heavy (non-hydrogen) atoms. The zero-order chi connectivity index (χ0) is 13.2. The molecule has 100 valence electrons. The molecule has 0 saturated carbocycles. The van der Waals surface area contributed by atoms with Gasteiger partial charge in [-0.3, -0.25) is 4.79 Å². The number of hydrogen-bond donors (Lipinski definition) is 0. The van der Waals surface area contributed by atoms with Crippen LogP contribution in [-0.2, 0) is 0 Å². The third-order valence-corrected chi connectivity index (χ3v) is 4.38.